The maximum absolute atomic E-state index is 13.0. The van der Waals surface area contributed by atoms with Gasteiger partial charge in [0.2, 0.25) is 5.91 Å². The van der Waals surface area contributed by atoms with Gasteiger partial charge in [0.1, 0.15) is 6.04 Å². The molecule has 3 amide bonds. The molecule has 0 bridgehead atoms. The van der Waals surface area contributed by atoms with Crippen LogP contribution >= 0.6 is 23.1 Å². The zero-order valence-electron chi connectivity index (χ0n) is 15.4. The first-order chi connectivity index (χ1) is 12.9. The second kappa shape index (κ2) is 8.22. The van der Waals surface area contributed by atoms with Gasteiger partial charge in [-0.15, -0.1) is 11.3 Å². The molecular weight excluding hydrogens is 382 g/mol. The minimum atomic E-state index is -0.841. The topological polar surface area (TPSA) is 79.4 Å². The molecule has 142 valence electrons. The second-order valence-corrected chi connectivity index (χ2v) is 8.39. The fraction of sp³-hybridized carbons (Fsp3) is 0.368. The Bertz CT molecular complexity index is 846. The highest BCUT2D eigenvalue weighted by Gasteiger charge is 2.42. The summed E-state index contributed by atoms with van der Waals surface area (Å²) in [5.41, 5.74) is 1.48. The van der Waals surface area contributed by atoms with Crippen molar-refractivity contribution in [3.05, 3.63) is 51.5 Å². The van der Waals surface area contributed by atoms with E-state index in [1.807, 2.05) is 25.5 Å². The predicted molar refractivity (Wildman–Crippen MR) is 107 cm³/mol. The van der Waals surface area contributed by atoms with E-state index in [9.17, 15) is 14.4 Å². The zero-order chi connectivity index (χ0) is 19.6. The number of thiazole rings is 1. The molecule has 27 heavy (non-hydrogen) atoms. The van der Waals surface area contributed by atoms with Gasteiger partial charge in [0, 0.05) is 5.38 Å². The van der Waals surface area contributed by atoms with Gasteiger partial charge in [-0.2, -0.15) is 11.8 Å². The highest BCUT2D eigenvalue weighted by Crippen LogP contribution is 2.26. The van der Waals surface area contributed by atoms with Crippen molar-refractivity contribution in [1.29, 1.82) is 0 Å². The lowest BCUT2D eigenvalue weighted by molar-refractivity contribution is -0.125. The molecule has 1 N–H and O–H groups in total. The van der Waals surface area contributed by atoms with Crippen LogP contribution in [0.15, 0.2) is 29.6 Å². The Balaban J connectivity index is 1.82. The van der Waals surface area contributed by atoms with Crippen LogP contribution in [0.4, 0.5) is 0 Å². The van der Waals surface area contributed by atoms with Crippen molar-refractivity contribution < 1.29 is 14.4 Å². The van der Waals surface area contributed by atoms with Crippen molar-refractivity contribution >= 4 is 40.8 Å². The molecule has 8 heteroatoms. The first-order valence-corrected chi connectivity index (χ1v) is 10.9. The van der Waals surface area contributed by atoms with Crippen molar-refractivity contribution in [2.45, 2.75) is 32.4 Å². The Kier molecular flexibility index (Phi) is 5.96. The van der Waals surface area contributed by atoms with Crippen LogP contribution in [-0.4, -0.2) is 45.7 Å². The maximum atomic E-state index is 13.0. The standard InChI is InChI=1S/C19H21N3O3S2/c1-11(15-10-27-12(2)21-15)20-17(23)16(8-9-26-3)22-18(24)13-6-4-5-7-14(13)19(22)25/h4-7,10-11,16H,8-9H2,1-3H3,(H,20,23). The van der Waals surface area contributed by atoms with Crippen molar-refractivity contribution in [3.8, 4) is 0 Å². The fourth-order valence-electron chi connectivity index (χ4n) is 3.06. The van der Waals surface area contributed by atoms with Crippen molar-refractivity contribution in [2.75, 3.05) is 12.0 Å². The summed E-state index contributed by atoms with van der Waals surface area (Å²) in [6, 6.07) is 5.55. The molecule has 2 atom stereocenters. The van der Waals surface area contributed by atoms with Crippen LogP contribution in [0.2, 0.25) is 0 Å². The van der Waals surface area contributed by atoms with Crippen LogP contribution in [0.1, 0.15) is 50.8 Å². The van der Waals surface area contributed by atoms with Crippen LogP contribution in [0.5, 0.6) is 0 Å². The number of amides is 3. The molecule has 0 radical (unpaired) electrons. The van der Waals surface area contributed by atoms with E-state index in [1.54, 1.807) is 36.0 Å². The van der Waals surface area contributed by atoms with E-state index in [4.69, 9.17) is 0 Å². The lowest BCUT2D eigenvalue weighted by atomic mass is 10.1. The third kappa shape index (κ3) is 3.91. The highest BCUT2D eigenvalue weighted by molar-refractivity contribution is 7.98. The van der Waals surface area contributed by atoms with Crippen LogP contribution in [0, 0.1) is 6.92 Å². The normalized spacial score (nSPS) is 15.6. The molecule has 0 saturated carbocycles. The first kappa shape index (κ1) is 19.6. The van der Waals surface area contributed by atoms with Gasteiger partial charge >= 0.3 is 0 Å². The molecule has 0 spiro atoms. The summed E-state index contributed by atoms with van der Waals surface area (Å²) < 4.78 is 0. The molecule has 0 saturated heterocycles. The zero-order valence-corrected chi connectivity index (χ0v) is 17.0. The van der Waals surface area contributed by atoms with Crippen LogP contribution in [-0.2, 0) is 4.79 Å². The van der Waals surface area contributed by atoms with Gasteiger partial charge in [-0.05, 0) is 44.4 Å². The van der Waals surface area contributed by atoms with E-state index in [-0.39, 0.29) is 11.9 Å². The number of hydrogen-bond acceptors (Lipinski definition) is 6. The van der Waals surface area contributed by atoms with E-state index in [0.717, 1.165) is 15.6 Å². The predicted octanol–water partition coefficient (Wildman–Crippen LogP) is 3.05. The summed E-state index contributed by atoms with van der Waals surface area (Å²) in [7, 11) is 0. The smallest absolute Gasteiger partial charge is 0.262 e. The SMILES string of the molecule is CSCCC(C(=O)NC(C)c1csc(C)n1)N1C(=O)c2ccccc2C1=O. The monoisotopic (exact) mass is 403 g/mol. The summed E-state index contributed by atoms with van der Waals surface area (Å²) in [6.45, 7) is 3.75. The van der Waals surface area contributed by atoms with Crippen molar-refractivity contribution in [1.82, 2.24) is 15.2 Å². The van der Waals surface area contributed by atoms with Gasteiger partial charge in [0.05, 0.1) is 27.9 Å². The van der Waals surface area contributed by atoms with Crippen molar-refractivity contribution in [3.63, 3.8) is 0 Å². The number of rotatable bonds is 7. The summed E-state index contributed by atoms with van der Waals surface area (Å²) in [5.74, 6) is -0.491. The van der Waals surface area contributed by atoms with E-state index >= 15 is 0 Å². The molecule has 1 aliphatic heterocycles. The highest BCUT2D eigenvalue weighted by atomic mass is 32.2. The number of nitrogens with one attached hydrogen (secondary N) is 1. The van der Waals surface area contributed by atoms with Gasteiger partial charge in [0.15, 0.2) is 0 Å². The average Bonchev–Trinajstić information content (AvgIpc) is 3.19. The number of carbonyl (C=O) groups excluding carboxylic acids is 3. The molecule has 2 unspecified atom stereocenters. The van der Waals surface area contributed by atoms with Crippen LogP contribution in [0.25, 0.3) is 0 Å². The number of nitrogens with zero attached hydrogens (tertiary/aromatic N) is 2. The number of aromatic nitrogens is 1. The summed E-state index contributed by atoms with van der Waals surface area (Å²) >= 11 is 3.09. The number of carbonyl (C=O) groups is 3. The van der Waals surface area contributed by atoms with E-state index in [1.165, 1.54) is 11.3 Å². The number of aryl methyl sites for hydroxylation is 1. The van der Waals surface area contributed by atoms with Crippen molar-refractivity contribution in [2.24, 2.45) is 0 Å². The van der Waals surface area contributed by atoms with Crippen LogP contribution < -0.4 is 5.32 Å². The molecule has 3 rings (SSSR count). The summed E-state index contributed by atoms with van der Waals surface area (Å²) in [4.78, 5) is 44.0. The van der Waals surface area contributed by atoms with Crippen LogP contribution in [0.3, 0.4) is 0 Å². The van der Waals surface area contributed by atoms with E-state index in [0.29, 0.717) is 23.3 Å². The molecular formula is C19H21N3O3S2. The van der Waals surface area contributed by atoms with E-state index in [2.05, 4.69) is 10.3 Å². The van der Waals surface area contributed by atoms with Gasteiger partial charge < -0.3 is 5.32 Å². The Morgan fingerprint density at radius 3 is 2.41 bits per heavy atom. The lowest BCUT2D eigenvalue weighted by Crippen LogP contribution is -2.50. The summed E-state index contributed by atoms with van der Waals surface area (Å²) in [5, 5.41) is 5.74. The van der Waals surface area contributed by atoms with Gasteiger partial charge in [-0.1, -0.05) is 12.1 Å². The lowest BCUT2D eigenvalue weighted by Gasteiger charge is -2.26. The van der Waals surface area contributed by atoms with Gasteiger partial charge in [0.25, 0.3) is 11.8 Å². The number of benzene rings is 1. The quantitative estimate of drug-likeness (QED) is 0.719. The van der Waals surface area contributed by atoms with Gasteiger partial charge in [-0.25, -0.2) is 4.98 Å². The molecule has 1 aromatic carbocycles. The minimum Gasteiger partial charge on any atom is -0.346 e. The third-order valence-corrected chi connectivity index (χ3v) is 5.91. The second-order valence-electron chi connectivity index (χ2n) is 6.34. The molecule has 2 heterocycles. The van der Waals surface area contributed by atoms with Gasteiger partial charge in [-0.3, -0.25) is 19.3 Å². The molecule has 0 fully saturated rings. The molecule has 2 aromatic rings. The number of imide groups is 1. The third-order valence-electron chi connectivity index (χ3n) is 4.47. The molecule has 1 aromatic heterocycles. The Labute approximate surface area is 166 Å². The Morgan fingerprint density at radius 1 is 1.26 bits per heavy atom. The Morgan fingerprint density at radius 2 is 1.89 bits per heavy atom. The molecule has 6 nitrogen and oxygen atoms in total. The average molecular weight is 404 g/mol. The summed E-state index contributed by atoms with van der Waals surface area (Å²) in [6.07, 6.45) is 2.33. The Hall–Kier alpha value is -2.19. The molecule has 0 aliphatic carbocycles. The number of fused-ring (bicyclic) bond motifs is 1. The maximum Gasteiger partial charge on any atom is 0.262 e. The number of hydrogen-bond donors (Lipinski definition) is 1. The molecule has 1 aliphatic rings. The largest absolute Gasteiger partial charge is 0.346 e. The first-order valence-electron chi connectivity index (χ1n) is 8.62. The van der Waals surface area contributed by atoms with E-state index < -0.39 is 17.9 Å². The number of thioether (sulfide) groups is 1. The minimum absolute atomic E-state index is 0.297. The fourth-order valence-corrected chi connectivity index (χ4v) is 4.23.